The molecule has 0 bridgehead atoms. The van der Waals surface area contributed by atoms with Crippen molar-refractivity contribution in [1.29, 1.82) is 0 Å². The van der Waals surface area contributed by atoms with Gasteiger partial charge in [0.05, 0.1) is 12.1 Å². The van der Waals surface area contributed by atoms with Crippen LogP contribution in [0.25, 0.3) is 0 Å². The highest BCUT2D eigenvalue weighted by Crippen LogP contribution is 2.25. The number of nitrogens with one attached hydrogen (secondary N) is 2. The molecule has 6 nitrogen and oxygen atoms in total. The van der Waals surface area contributed by atoms with Gasteiger partial charge in [-0.2, -0.15) is 5.10 Å². The summed E-state index contributed by atoms with van der Waals surface area (Å²) in [6.45, 7) is 8.29. The highest BCUT2D eigenvalue weighted by atomic mass is 16.3. The summed E-state index contributed by atoms with van der Waals surface area (Å²) in [5, 5.41) is 19.6. The van der Waals surface area contributed by atoms with Crippen molar-refractivity contribution in [3.05, 3.63) is 47.5 Å². The molecule has 2 atom stereocenters. The van der Waals surface area contributed by atoms with E-state index in [-0.39, 0.29) is 23.8 Å². The second-order valence-electron chi connectivity index (χ2n) is 7.09. The van der Waals surface area contributed by atoms with Crippen molar-refractivity contribution in [3.8, 4) is 0 Å². The highest BCUT2D eigenvalue weighted by molar-refractivity contribution is 5.76. The molecule has 0 radical (unpaired) electrons. The summed E-state index contributed by atoms with van der Waals surface area (Å²) in [6, 6.07) is 7.69. The average molecular weight is 330 g/mol. The van der Waals surface area contributed by atoms with E-state index in [1.165, 1.54) is 11.9 Å². The summed E-state index contributed by atoms with van der Waals surface area (Å²) in [5.41, 5.74) is 2.14. The van der Waals surface area contributed by atoms with Crippen molar-refractivity contribution >= 4 is 5.91 Å². The zero-order chi connectivity index (χ0) is 17.7. The lowest BCUT2D eigenvalue weighted by Crippen LogP contribution is -2.27. The van der Waals surface area contributed by atoms with Gasteiger partial charge in [0.1, 0.15) is 12.2 Å². The van der Waals surface area contributed by atoms with Gasteiger partial charge in [0.25, 0.3) is 0 Å². The molecule has 130 valence electrons. The fourth-order valence-corrected chi connectivity index (χ4v) is 2.45. The van der Waals surface area contributed by atoms with Gasteiger partial charge in [-0.15, -0.1) is 0 Å². The van der Waals surface area contributed by atoms with Crippen LogP contribution in [0.1, 0.15) is 69.6 Å². The lowest BCUT2D eigenvalue weighted by atomic mass is 9.86. The predicted molar refractivity (Wildman–Crippen MR) is 92.3 cm³/mol. The number of benzene rings is 1. The Labute approximate surface area is 142 Å². The molecule has 1 aromatic heterocycles. The third-order valence-corrected chi connectivity index (χ3v) is 4.03. The Morgan fingerprint density at radius 1 is 1.29 bits per heavy atom. The summed E-state index contributed by atoms with van der Waals surface area (Å²) >= 11 is 0. The van der Waals surface area contributed by atoms with Crippen molar-refractivity contribution < 1.29 is 9.90 Å². The number of rotatable bonds is 6. The van der Waals surface area contributed by atoms with Gasteiger partial charge in [-0.25, -0.2) is 4.98 Å². The quantitative estimate of drug-likeness (QED) is 0.759. The molecule has 1 heterocycles. The van der Waals surface area contributed by atoms with E-state index >= 15 is 0 Å². The Kier molecular flexibility index (Phi) is 5.72. The number of hydrogen-bond donors (Lipinski definition) is 3. The first-order chi connectivity index (χ1) is 11.3. The molecule has 0 unspecified atom stereocenters. The van der Waals surface area contributed by atoms with Crippen molar-refractivity contribution in [3.63, 3.8) is 0 Å². The van der Waals surface area contributed by atoms with Gasteiger partial charge < -0.3 is 10.4 Å². The number of aromatic nitrogens is 3. The minimum absolute atomic E-state index is 0.0835. The van der Waals surface area contributed by atoms with Gasteiger partial charge in [-0.3, -0.25) is 9.89 Å². The van der Waals surface area contributed by atoms with Crippen LogP contribution in [0.15, 0.2) is 30.6 Å². The zero-order valence-corrected chi connectivity index (χ0v) is 14.7. The van der Waals surface area contributed by atoms with Gasteiger partial charge in [0.2, 0.25) is 5.91 Å². The Bertz CT molecular complexity index is 645. The minimum atomic E-state index is -0.648. The molecule has 1 amide bonds. The van der Waals surface area contributed by atoms with E-state index in [9.17, 15) is 9.90 Å². The predicted octanol–water partition coefficient (Wildman–Crippen LogP) is 2.79. The van der Waals surface area contributed by atoms with Crippen LogP contribution in [0.5, 0.6) is 0 Å². The Morgan fingerprint density at radius 2 is 1.96 bits per heavy atom. The summed E-state index contributed by atoms with van der Waals surface area (Å²) in [5.74, 6) is 0.492. The first-order valence-corrected chi connectivity index (χ1v) is 8.20. The zero-order valence-electron chi connectivity index (χ0n) is 14.7. The number of aliphatic hydroxyl groups is 1. The van der Waals surface area contributed by atoms with Crippen LogP contribution >= 0.6 is 0 Å². The third kappa shape index (κ3) is 4.89. The van der Waals surface area contributed by atoms with Crippen molar-refractivity contribution in [2.75, 3.05) is 0 Å². The molecule has 2 rings (SSSR count). The standard InChI is InChI=1S/C18H26N4O2/c1-12(17-19-11-20-22-17)21-16(24)10-9-15(23)13-5-7-14(8-6-13)18(2,3)4/h5-8,11-12,15,23H,9-10H2,1-4H3,(H,21,24)(H,19,20,22)/t12-,15+/m0/s1. The molecule has 0 aliphatic carbocycles. The SMILES string of the molecule is C[C@H](NC(=O)CC[C@@H](O)c1ccc(C(C)(C)C)cc1)c1ncn[nH]1. The van der Waals surface area contributed by atoms with E-state index in [2.05, 4.69) is 41.3 Å². The van der Waals surface area contributed by atoms with Gasteiger partial charge >= 0.3 is 0 Å². The third-order valence-electron chi connectivity index (χ3n) is 4.03. The van der Waals surface area contributed by atoms with Crippen molar-refractivity contribution in [1.82, 2.24) is 20.5 Å². The highest BCUT2D eigenvalue weighted by Gasteiger charge is 2.16. The fourth-order valence-electron chi connectivity index (χ4n) is 2.45. The lowest BCUT2D eigenvalue weighted by molar-refractivity contribution is -0.122. The molecule has 0 aliphatic heterocycles. The van der Waals surface area contributed by atoms with Crippen LogP contribution in [0.4, 0.5) is 0 Å². The van der Waals surface area contributed by atoms with E-state index < -0.39 is 6.10 Å². The van der Waals surface area contributed by atoms with Crippen molar-refractivity contribution in [2.45, 2.75) is 58.1 Å². The Morgan fingerprint density at radius 3 is 2.50 bits per heavy atom. The number of amides is 1. The van der Waals surface area contributed by atoms with Crippen LogP contribution in [-0.2, 0) is 10.2 Å². The first-order valence-electron chi connectivity index (χ1n) is 8.20. The molecule has 3 N–H and O–H groups in total. The van der Waals surface area contributed by atoms with Crippen LogP contribution in [-0.4, -0.2) is 26.2 Å². The smallest absolute Gasteiger partial charge is 0.220 e. The molecule has 2 aromatic rings. The molecule has 24 heavy (non-hydrogen) atoms. The molecule has 0 saturated carbocycles. The Balaban J connectivity index is 1.84. The van der Waals surface area contributed by atoms with E-state index in [1.807, 2.05) is 31.2 Å². The van der Waals surface area contributed by atoms with Crippen LogP contribution in [0, 0.1) is 0 Å². The molecule has 0 aliphatic rings. The molecule has 0 fully saturated rings. The van der Waals surface area contributed by atoms with Gasteiger partial charge in [0.15, 0.2) is 0 Å². The summed E-state index contributed by atoms with van der Waals surface area (Å²) in [7, 11) is 0. The molecular weight excluding hydrogens is 304 g/mol. The van der Waals surface area contributed by atoms with Crippen LogP contribution in [0.3, 0.4) is 0 Å². The van der Waals surface area contributed by atoms with Crippen LogP contribution < -0.4 is 5.32 Å². The number of carbonyl (C=O) groups is 1. The van der Waals surface area contributed by atoms with E-state index in [4.69, 9.17) is 0 Å². The molecule has 6 heteroatoms. The van der Waals surface area contributed by atoms with E-state index in [1.54, 1.807) is 0 Å². The van der Waals surface area contributed by atoms with Gasteiger partial charge in [0, 0.05) is 6.42 Å². The maximum absolute atomic E-state index is 12.0. The lowest BCUT2D eigenvalue weighted by Gasteiger charge is -2.20. The number of hydrogen-bond acceptors (Lipinski definition) is 4. The monoisotopic (exact) mass is 330 g/mol. The number of aliphatic hydroxyl groups excluding tert-OH is 1. The maximum Gasteiger partial charge on any atom is 0.220 e. The average Bonchev–Trinajstić information content (AvgIpc) is 3.06. The number of carbonyl (C=O) groups excluding carboxylic acids is 1. The summed E-state index contributed by atoms with van der Waals surface area (Å²) in [4.78, 5) is 16.0. The molecule has 1 aromatic carbocycles. The summed E-state index contributed by atoms with van der Waals surface area (Å²) < 4.78 is 0. The number of aromatic amines is 1. The largest absolute Gasteiger partial charge is 0.388 e. The minimum Gasteiger partial charge on any atom is -0.388 e. The molecule has 0 saturated heterocycles. The fraction of sp³-hybridized carbons (Fsp3) is 0.500. The van der Waals surface area contributed by atoms with E-state index in [0.717, 1.165) is 5.56 Å². The second-order valence-corrected chi connectivity index (χ2v) is 7.09. The van der Waals surface area contributed by atoms with Crippen molar-refractivity contribution in [2.24, 2.45) is 0 Å². The molecule has 0 spiro atoms. The van der Waals surface area contributed by atoms with E-state index in [0.29, 0.717) is 12.2 Å². The second kappa shape index (κ2) is 7.57. The normalized spacial score (nSPS) is 14.2. The topological polar surface area (TPSA) is 90.9 Å². The maximum atomic E-state index is 12.0. The number of H-pyrrole nitrogens is 1. The summed E-state index contributed by atoms with van der Waals surface area (Å²) in [6.07, 6.45) is 1.39. The number of nitrogens with zero attached hydrogens (tertiary/aromatic N) is 2. The van der Waals surface area contributed by atoms with Gasteiger partial charge in [-0.05, 0) is 29.9 Å². The van der Waals surface area contributed by atoms with Crippen LogP contribution in [0.2, 0.25) is 0 Å². The first kappa shape index (κ1) is 18.1. The Hall–Kier alpha value is -2.21. The molecular formula is C18H26N4O2. The van der Waals surface area contributed by atoms with Gasteiger partial charge in [-0.1, -0.05) is 45.0 Å².